The van der Waals surface area contributed by atoms with Gasteiger partial charge in [-0.05, 0) is 51.1 Å². The SMILES string of the molecule is CCCNC1CC2(CCCC2C)Oc2ccc(C)cc21. The van der Waals surface area contributed by atoms with Crippen molar-refractivity contribution in [2.45, 2.75) is 64.5 Å². The van der Waals surface area contributed by atoms with Crippen LogP contribution in [0.3, 0.4) is 0 Å². The predicted molar refractivity (Wildman–Crippen MR) is 83.2 cm³/mol. The van der Waals surface area contributed by atoms with Gasteiger partial charge in [0.2, 0.25) is 0 Å². The molecule has 1 aliphatic heterocycles. The van der Waals surface area contributed by atoms with E-state index in [-0.39, 0.29) is 5.60 Å². The second kappa shape index (κ2) is 5.40. The van der Waals surface area contributed by atoms with Gasteiger partial charge in [0.25, 0.3) is 0 Å². The van der Waals surface area contributed by atoms with E-state index in [1.165, 1.54) is 36.8 Å². The van der Waals surface area contributed by atoms with Gasteiger partial charge in [-0.25, -0.2) is 0 Å². The second-order valence-corrected chi connectivity index (χ2v) is 6.71. The molecule has 0 radical (unpaired) electrons. The fourth-order valence-electron chi connectivity index (χ4n) is 3.92. The molecule has 2 aliphatic rings. The van der Waals surface area contributed by atoms with Gasteiger partial charge in [0, 0.05) is 18.0 Å². The first-order chi connectivity index (χ1) is 9.64. The zero-order chi connectivity index (χ0) is 14.2. The zero-order valence-corrected chi connectivity index (χ0v) is 13.0. The Labute approximate surface area is 122 Å². The number of hydrogen-bond donors (Lipinski definition) is 1. The fraction of sp³-hybridized carbons (Fsp3) is 0.667. The summed E-state index contributed by atoms with van der Waals surface area (Å²) in [5.41, 5.74) is 2.77. The van der Waals surface area contributed by atoms with Gasteiger partial charge < -0.3 is 10.1 Å². The molecule has 1 aromatic rings. The monoisotopic (exact) mass is 273 g/mol. The van der Waals surface area contributed by atoms with Crippen LogP contribution >= 0.6 is 0 Å². The van der Waals surface area contributed by atoms with E-state index < -0.39 is 0 Å². The highest BCUT2D eigenvalue weighted by Crippen LogP contribution is 2.49. The smallest absolute Gasteiger partial charge is 0.124 e. The molecule has 0 amide bonds. The van der Waals surface area contributed by atoms with Crippen molar-refractivity contribution in [3.63, 3.8) is 0 Å². The van der Waals surface area contributed by atoms with Crippen LogP contribution in [0.25, 0.3) is 0 Å². The maximum atomic E-state index is 6.52. The largest absolute Gasteiger partial charge is 0.487 e. The maximum absolute atomic E-state index is 6.52. The standard InChI is InChI=1S/C18H27NO/c1-4-10-19-16-12-18(9-5-6-14(18)3)20-17-8-7-13(2)11-15(16)17/h7-8,11,14,16,19H,4-6,9-10,12H2,1-3H3. The van der Waals surface area contributed by atoms with Gasteiger partial charge in [0.05, 0.1) is 0 Å². The van der Waals surface area contributed by atoms with E-state index >= 15 is 0 Å². The van der Waals surface area contributed by atoms with Crippen molar-refractivity contribution in [1.82, 2.24) is 5.32 Å². The van der Waals surface area contributed by atoms with Gasteiger partial charge in [0.15, 0.2) is 0 Å². The molecule has 1 aromatic carbocycles. The van der Waals surface area contributed by atoms with Gasteiger partial charge in [0.1, 0.15) is 11.4 Å². The van der Waals surface area contributed by atoms with E-state index in [0.717, 1.165) is 18.7 Å². The molecule has 1 saturated carbocycles. The first kappa shape index (κ1) is 13.9. The topological polar surface area (TPSA) is 21.3 Å². The highest BCUT2D eigenvalue weighted by atomic mass is 16.5. The summed E-state index contributed by atoms with van der Waals surface area (Å²) in [4.78, 5) is 0. The van der Waals surface area contributed by atoms with Crippen LogP contribution in [-0.4, -0.2) is 12.1 Å². The Bertz CT molecular complexity index is 484. The second-order valence-electron chi connectivity index (χ2n) is 6.71. The average molecular weight is 273 g/mol. The van der Waals surface area contributed by atoms with Crippen molar-refractivity contribution in [1.29, 1.82) is 0 Å². The molecule has 1 fully saturated rings. The number of rotatable bonds is 3. The van der Waals surface area contributed by atoms with Crippen LogP contribution in [0, 0.1) is 12.8 Å². The predicted octanol–water partition coefficient (Wildman–Crippen LogP) is 4.38. The third-order valence-corrected chi connectivity index (χ3v) is 5.18. The molecule has 2 nitrogen and oxygen atoms in total. The van der Waals surface area contributed by atoms with E-state index in [9.17, 15) is 0 Å². The van der Waals surface area contributed by atoms with Crippen LogP contribution in [0.15, 0.2) is 18.2 Å². The molecule has 1 spiro atoms. The minimum absolute atomic E-state index is 0.0770. The number of ether oxygens (including phenoxy) is 1. The van der Waals surface area contributed by atoms with E-state index in [4.69, 9.17) is 4.74 Å². The van der Waals surface area contributed by atoms with Crippen molar-refractivity contribution in [2.24, 2.45) is 5.92 Å². The summed E-state index contributed by atoms with van der Waals surface area (Å²) in [6.07, 6.45) is 6.14. The first-order valence-corrected chi connectivity index (χ1v) is 8.17. The third-order valence-electron chi connectivity index (χ3n) is 5.18. The van der Waals surface area contributed by atoms with Gasteiger partial charge >= 0.3 is 0 Å². The highest BCUT2D eigenvalue weighted by molar-refractivity contribution is 5.42. The zero-order valence-electron chi connectivity index (χ0n) is 13.0. The third kappa shape index (κ3) is 2.35. The Morgan fingerprint density at radius 2 is 2.25 bits per heavy atom. The highest BCUT2D eigenvalue weighted by Gasteiger charge is 2.47. The summed E-state index contributed by atoms with van der Waals surface area (Å²) in [5, 5.41) is 3.75. The molecular formula is C18H27NO. The molecular weight excluding hydrogens is 246 g/mol. The summed E-state index contributed by atoms with van der Waals surface area (Å²) in [5.74, 6) is 1.78. The minimum atomic E-state index is 0.0770. The molecule has 0 bridgehead atoms. The van der Waals surface area contributed by atoms with Crippen molar-refractivity contribution in [2.75, 3.05) is 6.54 Å². The van der Waals surface area contributed by atoms with Crippen molar-refractivity contribution >= 4 is 0 Å². The van der Waals surface area contributed by atoms with Crippen molar-refractivity contribution in [3.8, 4) is 5.75 Å². The number of nitrogens with one attached hydrogen (secondary N) is 1. The normalized spacial score (nSPS) is 32.1. The average Bonchev–Trinajstić information content (AvgIpc) is 2.78. The quantitative estimate of drug-likeness (QED) is 0.882. The summed E-state index contributed by atoms with van der Waals surface area (Å²) < 4.78 is 6.52. The maximum Gasteiger partial charge on any atom is 0.124 e. The van der Waals surface area contributed by atoms with Crippen LogP contribution in [0.4, 0.5) is 0 Å². The van der Waals surface area contributed by atoms with Crippen LogP contribution in [0.5, 0.6) is 5.75 Å². The molecule has 2 heteroatoms. The lowest BCUT2D eigenvalue weighted by Crippen LogP contribution is -2.46. The molecule has 1 N–H and O–H groups in total. The molecule has 3 unspecified atom stereocenters. The summed E-state index contributed by atoms with van der Waals surface area (Å²) in [6, 6.07) is 7.11. The first-order valence-electron chi connectivity index (χ1n) is 8.17. The number of aryl methyl sites for hydroxylation is 1. The number of fused-ring (bicyclic) bond motifs is 1. The van der Waals surface area contributed by atoms with Crippen molar-refractivity contribution < 1.29 is 4.74 Å². The molecule has 110 valence electrons. The summed E-state index contributed by atoms with van der Waals surface area (Å²) in [6.45, 7) is 7.85. The molecule has 20 heavy (non-hydrogen) atoms. The lowest BCUT2D eigenvalue weighted by molar-refractivity contribution is 0.00183. The van der Waals surface area contributed by atoms with E-state index in [0.29, 0.717) is 12.0 Å². The summed E-state index contributed by atoms with van der Waals surface area (Å²) >= 11 is 0. The van der Waals surface area contributed by atoms with Crippen LogP contribution in [0.1, 0.15) is 63.1 Å². The Morgan fingerprint density at radius 3 is 2.95 bits per heavy atom. The molecule has 1 aliphatic carbocycles. The van der Waals surface area contributed by atoms with Crippen LogP contribution < -0.4 is 10.1 Å². The minimum Gasteiger partial charge on any atom is -0.487 e. The van der Waals surface area contributed by atoms with Crippen LogP contribution in [0.2, 0.25) is 0 Å². The van der Waals surface area contributed by atoms with Crippen molar-refractivity contribution in [3.05, 3.63) is 29.3 Å². The van der Waals surface area contributed by atoms with Gasteiger partial charge in [-0.15, -0.1) is 0 Å². The number of benzene rings is 1. The Balaban J connectivity index is 1.94. The molecule has 1 heterocycles. The number of hydrogen-bond acceptors (Lipinski definition) is 2. The molecule has 3 rings (SSSR count). The van der Waals surface area contributed by atoms with Gasteiger partial charge in [-0.2, -0.15) is 0 Å². The van der Waals surface area contributed by atoms with Gasteiger partial charge in [-0.1, -0.05) is 31.5 Å². The van der Waals surface area contributed by atoms with E-state index in [1.54, 1.807) is 0 Å². The Kier molecular flexibility index (Phi) is 3.76. The van der Waals surface area contributed by atoms with Crippen LogP contribution in [-0.2, 0) is 0 Å². The van der Waals surface area contributed by atoms with Gasteiger partial charge in [-0.3, -0.25) is 0 Å². The summed E-state index contributed by atoms with van der Waals surface area (Å²) in [7, 11) is 0. The molecule has 0 aromatic heterocycles. The van der Waals surface area contributed by atoms with E-state index in [1.807, 2.05) is 0 Å². The van der Waals surface area contributed by atoms with E-state index in [2.05, 4.69) is 44.3 Å². The lowest BCUT2D eigenvalue weighted by Gasteiger charge is -2.43. The Morgan fingerprint density at radius 1 is 1.40 bits per heavy atom. The lowest BCUT2D eigenvalue weighted by atomic mass is 9.80. The molecule has 3 atom stereocenters. The molecule has 0 saturated heterocycles. The Hall–Kier alpha value is -1.02. The fourth-order valence-corrected chi connectivity index (χ4v) is 3.92.